The van der Waals surface area contributed by atoms with Crippen LogP contribution in [-0.4, -0.2) is 29.3 Å². The Balaban J connectivity index is 3.92. The van der Waals surface area contributed by atoms with Gasteiger partial charge in [-0.1, -0.05) is 17.8 Å². The summed E-state index contributed by atoms with van der Waals surface area (Å²) in [5.41, 5.74) is -0.115. The molecule has 0 aliphatic rings. The third-order valence-corrected chi connectivity index (χ3v) is 1.22. The predicted octanol–water partition coefficient (Wildman–Crippen LogP) is 0.525. The number of carbonyl (C=O) groups excluding carboxylic acids is 2. The van der Waals surface area contributed by atoms with Crippen LogP contribution in [0.25, 0.3) is 0 Å². The second kappa shape index (κ2) is 5.93. The zero-order valence-electron chi connectivity index (χ0n) is 7.32. The lowest BCUT2D eigenvalue weighted by molar-refractivity contribution is -0.143. The summed E-state index contributed by atoms with van der Waals surface area (Å²) < 4.78 is 4.54. The van der Waals surface area contributed by atoms with Crippen molar-refractivity contribution in [1.82, 2.24) is 0 Å². The smallest absolute Gasteiger partial charge is 0.314 e. The molecule has 0 rings (SSSR count). The maximum Gasteiger partial charge on any atom is 0.314 e. The van der Waals surface area contributed by atoms with E-state index < -0.39 is 18.2 Å². The molecule has 0 atom stereocenters. The molecule has 0 saturated heterocycles. The second-order valence-electron chi connectivity index (χ2n) is 2.26. The largest absolute Gasteiger partial charge is 0.461 e. The van der Waals surface area contributed by atoms with E-state index in [-0.39, 0.29) is 12.3 Å². The number of ether oxygens (including phenoxy) is 1. The van der Waals surface area contributed by atoms with Crippen molar-refractivity contribution in [1.29, 1.82) is 0 Å². The van der Waals surface area contributed by atoms with Gasteiger partial charge in [-0.2, -0.15) is 0 Å². The number of oxime groups is 1. The zero-order valence-corrected chi connectivity index (χ0v) is 7.32. The van der Waals surface area contributed by atoms with E-state index in [9.17, 15) is 9.59 Å². The predicted molar refractivity (Wildman–Crippen MR) is 45.7 cm³/mol. The van der Waals surface area contributed by atoms with Gasteiger partial charge < -0.3 is 9.94 Å². The molecule has 0 amide bonds. The van der Waals surface area contributed by atoms with Crippen LogP contribution in [0.1, 0.15) is 13.3 Å². The van der Waals surface area contributed by atoms with Gasteiger partial charge in [-0.15, -0.1) is 0 Å². The molecule has 0 aromatic carbocycles. The van der Waals surface area contributed by atoms with Crippen molar-refractivity contribution in [3.05, 3.63) is 12.7 Å². The summed E-state index contributed by atoms with van der Waals surface area (Å²) in [4.78, 5) is 21.7. The Morgan fingerprint density at radius 2 is 2.23 bits per heavy atom. The van der Waals surface area contributed by atoms with E-state index in [1.165, 1.54) is 13.0 Å². The Morgan fingerprint density at radius 3 is 2.69 bits per heavy atom. The summed E-state index contributed by atoms with van der Waals surface area (Å²) in [7, 11) is 0. The molecular weight excluding hydrogens is 174 g/mol. The fourth-order valence-electron chi connectivity index (χ4n) is 0.518. The molecule has 0 unspecified atom stereocenters. The molecule has 0 aliphatic carbocycles. The highest BCUT2D eigenvalue weighted by molar-refractivity contribution is 6.41. The third kappa shape index (κ3) is 4.73. The van der Waals surface area contributed by atoms with E-state index in [2.05, 4.69) is 16.5 Å². The highest BCUT2D eigenvalue weighted by Gasteiger charge is 2.13. The van der Waals surface area contributed by atoms with Gasteiger partial charge in [-0.3, -0.25) is 9.59 Å². The van der Waals surface area contributed by atoms with E-state index in [4.69, 9.17) is 5.21 Å². The van der Waals surface area contributed by atoms with Crippen molar-refractivity contribution >= 4 is 17.5 Å². The minimum Gasteiger partial charge on any atom is -0.461 e. The number of hydrogen-bond donors (Lipinski definition) is 1. The van der Waals surface area contributed by atoms with E-state index in [0.29, 0.717) is 0 Å². The molecule has 0 bridgehead atoms. The molecule has 13 heavy (non-hydrogen) atoms. The first-order valence-electron chi connectivity index (χ1n) is 3.60. The Kier molecular flexibility index (Phi) is 5.18. The van der Waals surface area contributed by atoms with Crippen LogP contribution in [0.5, 0.6) is 0 Å². The molecular formula is C8H11NO4. The molecule has 0 radical (unpaired) electrons. The van der Waals surface area contributed by atoms with Crippen LogP contribution >= 0.6 is 0 Å². The first kappa shape index (κ1) is 11.4. The van der Waals surface area contributed by atoms with E-state index >= 15 is 0 Å². The first-order chi connectivity index (χ1) is 6.11. The number of hydrogen-bond acceptors (Lipinski definition) is 5. The summed E-state index contributed by atoms with van der Waals surface area (Å²) in [5, 5.41) is 10.9. The van der Waals surface area contributed by atoms with Crippen molar-refractivity contribution in [2.24, 2.45) is 5.16 Å². The number of ketones is 1. The molecule has 0 heterocycles. The molecule has 5 heteroatoms. The molecule has 0 saturated carbocycles. The highest BCUT2D eigenvalue weighted by Crippen LogP contribution is 1.91. The Hall–Kier alpha value is -1.65. The molecule has 1 N–H and O–H groups in total. The van der Waals surface area contributed by atoms with Crippen LogP contribution in [0, 0.1) is 0 Å². The van der Waals surface area contributed by atoms with Gasteiger partial charge in [0.15, 0.2) is 5.78 Å². The van der Waals surface area contributed by atoms with Gasteiger partial charge in [0.1, 0.15) is 18.7 Å². The van der Waals surface area contributed by atoms with E-state index in [1.807, 2.05) is 0 Å². The summed E-state index contributed by atoms with van der Waals surface area (Å²) in [6.45, 7) is 4.72. The lowest BCUT2D eigenvalue weighted by atomic mass is 10.2. The molecule has 0 fully saturated rings. The molecule has 0 spiro atoms. The van der Waals surface area contributed by atoms with Gasteiger partial charge in [0.05, 0.1) is 0 Å². The van der Waals surface area contributed by atoms with Crippen LogP contribution in [0.3, 0.4) is 0 Å². The minimum atomic E-state index is -0.659. The maximum absolute atomic E-state index is 10.9. The van der Waals surface area contributed by atoms with Gasteiger partial charge >= 0.3 is 5.97 Å². The van der Waals surface area contributed by atoms with Crippen molar-refractivity contribution in [3.63, 3.8) is 0 Å². The quantitative estimate of drug-likeness (QED) is 0.169. The maximum atomic E-state index is 10.9. The fraction of sp³-hybridized carbons (Fsp3) is 0.375. The standard InChI is InChI=1S/C8H11NO4/c1-3-4-13-8(11)5-7(10)6(2)9-12/h3,12H,1,4-5H2,2H3. The van der Waals surface area contributed by atoms with Crippen LogP contribution in [-0.2, 0) is 14.3 Å². The minimum absolute atomic E-state index is 0.0709. The van der Waals surface area contributed by atoms with Crippen molar-refractivity contribution in [3.8, 4) is 0 Å². The van der Waals surface area contributed by atoms with Gasteiger partial charge in [-0.05, 0) is 6.92 Å². The summed E-state index contributed by atoms with van der Waals surface area (Å²) in [6, 6.07) is 0. The van der Waals surface area contributed by atoms with Crippen LogP contribution in [0.4, 0.5) is 0 Å². The van der Waals surface area contributed by atoms with E-state index in [0.717, 1.165) is 0 Å². The first-order valence-corrected chi connectivity index (χ1v) is 3.60. The van der Waals surface area contributed by atoms with E-state index in [1.54, 1.807) is 0 Å². The molecule has 0 aliphatic heterocycles. The van der Waals surface area contributed by atoms with Gasteiger partial charge in [-0.25, -0.2) is 0 Å². The Morgan fingerprint density at radius 1 is 1.62 bits per heavy atom. The normalized spacial score (nSPS) is 10.7. The van der Waals surface area contributed by atoms with Crippen molar-refractivity contribution < 1.29 is 19.5 Å². The number of esters is 1. The fourth-order valence-corrected chi connectivity index (χ4v) is 0.518. The second-order valence-corrected chi connectivity index (χ2v) is 2.26. The van der Waals surface area contributed by atoms with Crippen LogP contribution in [0.15, 0.2) is 17.8 Å². The Labute approximate surface area is 75.7 Å². The zero-order chi connectivity index (χ0) is 10.3. The number of nitrogens with zero attached hydrogens (tertiary/aromatic N) is 1. The Bertz CT molecular complexity index is 245. The average Bonchev–Trinajstić information content (AvgIpc) is 2.13. The van der Waals surface area contributed by atoms with Gasteiger partial charge in [0.2, 0.25) is 0 Å². The summed E-state index contributed by atoms with van der Waals surface area (Å²) in [6.07, 6.45) is 0.985. The molecule has 0 aromatic rings. The van der Waals surface area contributed by atoms with Crippen molar-refractivity contribution in [2.75, 3.05) is 6.61 Å². The number of rotatable bonds is 5. The van der Waals surface area contributed by atoms with Crippen LogP contribution < -0.4 is 0 Å². The van der Waals surface area contributed by atoms with Gasteiger partial charge in [0.25, 0.3) is 0 Å². The topological polar surface area (TPSA) is 76.0 Å². The highest BCUT2D eigenvalue weighted by atomic mass is 16.5. The number of carbonyl (C=O) groups is 2. The third-order valence-electron chi connectivity index (χ3n) is 1.22. The lowest BCUT2D eigenvalue weighted by Gasteiger charge is -1.99. The van der Waals surface area contributed by atoms with Crippen molar-refractivity contribution in [2.45, 2.75) is 13.3 Å². The number of Topliss-reactive ketones (excluding diaryl/α,β-unsaturated/α-hetero) is 1. The summed E-state index contributed by atoms with van der Waals surface area (Å²) >= 11 is 0. The lowest BCUT2D eigenvalue weighted by Crippen LogP contribution is -2.17. The SMILES string of the molecule is C=CCOC(=O)CC(=O)C(C)=NO. The molecule has 5 nitrogen and oxygen atoms in total. The molecule has 72 valence electrons. The summed E-state index contributed by atoms with van der Waals surface area (Å²) in [5.74, 6) is -1.22. The van der Waals surface area contributed by atoms with Gasteiger partial charge in [0, 0.05) is 0 Å². The monoisotopic (exact) mass is 185 g/mol. The van der Waals surface area contributed by atoms with Crippen LogP contribution in [0.2, 0.25) is 0 Å². The average molecular weight is 185 g/mol. The molecule has 0 aromatic heterocycles.